The molecule has 0 radical (unpaired) electrons. The fourth-order valence-electron chi connectivity index (χ4n) is 4.68. The highest BCUT2D eigenvalue weighted by molar-refractivity contribution is 7.88. The smallest absolute Gasteiger partial charge is 0.314 e. The van der Waals surface area contributed by atoms with Gasteiger partial charge in [-0.15, -0.1) is 0 Å². The van der Waals surface area contributed by atoms with Crippen LogP contribution in [0, 0.1) is 12.8 Å². The largest absolute Gasteiger partial charge is 0.367 e. The van der Waals surface area contributed by atoms with E-state index in [1.54, 1.807) is 11.1 Å². The van der Waals surface area contributed by atoms with Crippen molar-refractivity contribution in [3.63, 3.8) is 0 Å². The molecule has 1 aliphatic heterocycles. The van der Waals surface area contributed by atoms with Crippen molar-refractivity contribution in [3.8, 4) is 5.82 Å². The van der Waals surface area contributed by atoms with Crippen LogP contribution in [0.1, 0.15) is 44.9 Å². The molecule has 4 N–H and O–H groups in total. The molecule has 2 aliphatic rings. The van der Waals surface area contributed by atoms with Crippen molar-refractivity contribution >= 4 is 32.6 Å². The Bertz CT molecular complexity index is 1270. The van der Waals surface area contributed by atoms with Crippen LogP contribution in [0.25, 0.3) is 16.7 Å². The molecule has 3 aromatic rings. The van der Waals surface area contributed by atoms with E-state index in [9.17, 15) is 13.2 Å². The van der Waals surface area contributed by atoms with Gasteiger partial charge in [0.2, 0.25) is 10.0 Å². The number of sulfonamides is 1. The number of piperazine rings is 1. The average molecular weight is 530 g/mol. The van der Waals surface area contributed by atoms with E-state index in [1.165, 1.54) is 43.2 Å². The van der Waals surface area contributed by atoms with Gasteiger partial charge >= 0.3 is 6.03 Å². The molecule has 2 fully saturated rings. The first-order valence-corrected chi connectivity index (χ1v) is 14.7. The molecular formula is C26H39N7O3S. The number of aromatic nitrogens is 3. The standard InChI is InChI=1S/C18H20N6O.C7H14.CH5NO2S/c1-13-20-7-5-17(21-13)24-8-6-14-15(3-2-4-16(14)24)22-9-11-23(12-10-22)18(19)25;1-7-5-3-2-4-6-7;1-5(2,3)4/h2-8H,9-12H2,1H3,(H2,19,25);7H,2-6H2,1H3;1H3,(H2,2,3,4). The van der Waals surface area contributed by atoms with E-state index in [1.807, 2.05) is 19.2 Å². The van der Waals surface area contributed by atoms with Crippen LogP contribution in [-0.2, 0) is 10.0 Å². The summed E-state index contributed by atoms with van der Waals surface area (Å²) in [5.74, 6) is 2.64. The molecule has 2 amide bonds. The highest BCUT2D eigenvalue weighted by Crippen LogP contribution is 2.30. The molecule has 37 heavy (non-hydrogen) atoms. The van der Waals surface area contributed by atoms with E-state index in [4.69, 9.17) is 5.73 Å². The van der Waals surface area contributed by atoms with Crippen LogP contribution < -0.4 is 15.8 Å². The lowest BCUT2D eigenvalue weighted by Gasteiger charge is -2.35. The van der Waals surface area contributed by atoms with Crippen LogP contribution in [-0.4, -0.2) is 66.3 Å². The van der Waals surface area contributed by atoms with Crippen molar-refractivity contribution in [1.82, 2.24) is 19.4 Å². The first kappa shape index (κ1) is 28.4. The molecule has 1 saturated carbocycles. The van der Waals surface area contributed by atoms with Gasteiger partial charge in [-0.05, 0) is 37.1 Å². The predicted octanol–water partition coefficient (Wildman–Crippen LogP) is 3.42. The van der Waals surface area contributed by atoms with Crippen LogP contribution >= 0.6 is 0 Å². The minimum absolute atomic E-state index is 0.344. The number of primary amides is 1. The molecule has 1 saturated heterocycles. The molecule has 1 aromatic carbocycles. The topological polar surface area (TPSA) is 140 Å². The number of rotatable bonds is 2. The molecule has 10 nitrogen and oxygen atoms in total. The van der Waals surface area contributed by atoms with Gasteiger partial charge in [0.15, 0.2) is 0 Å². The summed E-state index contributed by atoms with van der Waals surface area (Å²) in [7, 11) is -3.17. The lowest BCUT2D eigenvalue weighted by atomic mass is 9.91. The minimum atomic E-state index is -3.17. The maximum Gasteiger partial charge on any atom is 0.314 e. The number of fused-ring (bicyclic) bond motifs is 1. The predicted molar refractivity (Wildman–Crippen MR) is 148 cm³/mol. The number of nitrogens with zero attached hydrogens (tertiary/aromatic N) is 5. The molecule has 0 atom stereocenters. The zero-order valence-corrected chi connectivity index (χ0v) is 22.8. The zero-order valence-electron chi connectivity index (χ0n) is 22.0. The van der Waals surface area contributed by atoms with Crippen molar-refractivity contribution in [2.75, 3.05) is 37.3 Å². The summed E-state index contributed by atoms with van der Waals surface area (Å²) in [6.07, 6.45) is 12.2. The summed E-state index contributed by atoms with van der Waals surface area (Å²) in [6, 6.07) is 9.95. The van der Waals surface area contributed by atoms with Crippen molar-refractivity contribution in [2.45, 2.75) is 46.0 Å². The van der Waals surface area contributed by atoms with Gasteiger partial charge in [-0.2, -0.15) is 0 Å². The Hall–Kier alpha value is -3.18. The molecule has 202 valence electrons. The van der Waals surface area contributed by atoms with Gasteiger partial charge in [0, 0.05) is 49.6 Å². The Morgan fingerprint density at radius 2 is 1.68 bits per heavy atom. The van der Waals surface area contributed by atoms with Gasteiger partial charge in [0.05, 0.1) is 11.8 Å². The Morgan fingerprint density at radius 1 is 1.03 bits per heavy atom. The molecule has 0 unspecified atom stereocenters. The third-order valence-corrected chi connectivity index (χ3v) is 6.54. The third kappa shape index (κ3) is 8.71. The van der Waals surface area contributed by atoms with Crippen LogP contribution in [0.3, 0.4) is 0 Å². The Balaban J connectivity index is 0.000000262. The van der Waals surface area contributed by atoms with Gasteiger partial charge in [-0.25, -0.2) is 28.3 Å². The quantitative estimate of drug-likeness (QED) is 0.521. The number of hydrogen-bond donors (Lipinski definition) is 2. The lowest BCUT2D eigenvalue weighted by molar-refractivity contribution is 0.204. The normalized spacial score (nSPS) is 16.4. The fraction of sp³-hybridized carbons (Fsp3) is 0.500. The van der Waals surface area contributed by atoms with Crippen LogP contribution in [0.15, 0.2) is 42.7 Å². The van der Waals surface area contributed by atoms with Crippen molar-refractivity contribution < 1.29 is 13.2 Å². The highest BCUT2D eigenvalue weighted by atomic mass is 32.2. The molecular weight excluding hydrogens is 490 g/mol. The molecule has 1 aliphatic carbocycles. The highest BCUT2D eigenvalue weighted by Gasteiger charge is 2.21. The van der Waals surface area contributed by atoms with Crippen LogP contribution in [0.5, 0.6) is 0 Å². The number of amides is 2. The van der Waals surface area contributed by atoms with E-state index < -0.39 is 10.0 Å². The number of carbonyl (C=O) groups is 1. The molecule has 2 aromatic heterocycles. The van der Waals surface area contributed by atoms with E-state index in [0.29, 0.717) is 13.1 Å². The maximum absolute atomic E-state index is 11.3. The summed E-state index contributed by atoms with van der Waals surface area (Å²) in [5.41, 5.74) is 7.65. The molecule has 0 bridgehead atoms. The second-order valence-corrected chi connectivity index (χ2v) is 11.4. The van der Waals surface area contributed by atoms with Crippen molar-refractivity contribution in [1.29, 1.82) is 0 Å². The Labute approximate surface area is 219 Å². The van der Waals surface area contributed by atoms with Gasteiger partial charge < -0.3 is 20.1 Å². The number of hydrogen-bond acceptors (Lipinski definition) is 6. The van der Waals surface area contributed by atoms with Gasteiger partial charge in [0.1, 0.15) is 11.6 Å². The zero-order chi connectivity index (χ0) is 27.0. The summed E-state index contributed by atoms with van der Waals surface area (Å²) in [4.78, 5) is 24.0. The number of benzene rings is 1. The maximum atomic E-state index is 11.3. The minimum Gasteiger partial charge on any atom is -0.367 e. The van der Waals surface area contributed by atoms with E-state index >= 15 is 0 Å². The van der Waals surface area contributed by atoms with E-state index in [-0.39, 0.29) is 6.03 Å². The fourth-order valence-corrected chi connectivity index (χ4v) is 4.68. The SMILES string of the molecule is CC1CCCCC1.CS(N)(=O)=O.Cc1nccc(-n2ccc3c(N4CCN(C(N)=O)CC4)cccc32)n1. The van der Waals surface area contributed by atoms with Crippen molar-refractivity contribution in [3.05, 3.63) is 48.5 Å². The van der Waals surface area contributed by atoms with Crippen LogP contribution in [0.4, 0.5) is 10.5 Å². The second-order valence-electron chi connectivity index (χ2n) is 9.74. The number of carbonyl (C=O) groups excluding carboxylic acids is 1. The summed E-state index contributed by atoms with van der Waals surface area (Å²) < 4.78 is 20.9. The number of nitrogens with two attached hydrogens (primary N) is 2. The van der Waals surface area contributed by atoms with Crippen molar-refractivity contribution in [2.24, 2.45) is 16.8 Å². The monoisotopic (exact) mass is 529 g/mol. The number of anilines is 1. The van der Waals surface area contributed by atoms with Crippen LogP contribution in [0.2, 0.25) is 0 Å². The van der Waals surface area contributed by atoms with E-state index in [2.05, 4.69) is 55.8 Å². The molecule has 3 heterocycles. The molecule has 5 rings (SSSR count). The second kappa shape index (κ2) is 12.9. The third-order valence-electron chi connectivity index (χ3n) is 6.54. The first-order valence-electron chi connectivity index (χ1n) is 12.7. The number of primary sulfonamides is 1. The van der Waals surface area contributed by atoms with Gasteiger partial charge in [-0.1, -0.05) is 45.1 Å². The Morgan fingerprint density at radius 3 is 2.22 bits per heavy atom. The molecule has 0 spiro atoms. The summed E-state index contributed by atoms with van der Waals surface area (Å²) >= 11 is 0. The van der Waals surface area contributed by atoms with Gasteiger partial charge in [-0.3, -0.25) is 0 Å². The number of aryl methyl sites for hydroxylation is 1. The average Bonchev–Trinajstić information content (AvgIpc) is 3.28. The summed E-state index contributed by atoms with van der Waals surface area (Å²) in [6.45, 7) is 7.10. The summed E-state index contributed by atoms with van der Waals surface area (Å²) in [5, 5.41) is 5.50. The van der Waals surface area contributed by atoms with Gasteiger partial charge in [0.25, 0.3) is 0 Å². The lowest BCUT2D eigenvalue weighted by Crippen LogP contribution is -2.50. The van der Waals surface area contributed by atoms with E-state index in [0.717, 1.165) is 42.4 Å². The molecule has 11 heteroatoms. The first-order chi connectivity index (χ1) is 17.5. The number of urea groups is 1. The Kier molecular flexibility index (Phi) is 9.87.